The molecule has 118 valence electrons. The molecule has 0 unspecified atom stereocenters. The lowest BCUT2D eigenvalue weighted by atomic mass is 10.0. The minimum absolute atomic E-state index is 0.181. The maximum absolute atomic E-state index is 12.0. The molecule has 1 aromatic carbocycles. The number of halogens is 3. The molecule has 1 aromatic rings. The van der Waals surface area contributed by atoms with Crippen molar-refractivity contribution in [1.29, 1.82) is 0 Å². The van der Waals surface area contributed by atoms with Gasteiger partial charge in [-0.15, -0.1) is 13.2 Å². The van der Waals surface area contributed by atoms with Crippen molar-refractivity contribution < 1.29 is 22.7 Å². The standard InChI is InChI=1S/C14H19F3N2O2/c1-4-19-13(2,3)12(20)18-9-10-5-7-11(8-6-10)21-14(15,16)17/h5-8,19H,4,9H2,1-3H3,(H,18,20). The normalized spacial score (nSPS) is 12.1. The van der Waals surface area contributed by atoms with Gasteiger partial charge >= 0.3 is 6.36 Å². The van der Waals surface area contributed by atoms with E-state index in [-0.39, 0.29) is 18.2 Å². The molecule has 0 aliphatic carbocycles. The van der Waals surface area contributed by atoms with E-state index in [9.17, 15) is 18.0 Å². The summed E-state index contributed by atoms with van der Waals surface area (Å²) in [6.07, 6.45) is -4.70. The molecule has 0 aliphatic rings. The number of hydrogen-bond acceptors (Lipinski definition) is 3. The second kappa shape index (κ2) is 6.80. The van der Waals surface area contributed by atoms with Crippen molar-refractivity contribution in [3.8, 4) is 5.75 Å². The quantitative estimate of drug-likeness (QED) is 0.849. The Morgan fingerprint density at radius 3 is 2.24 bits per heavy atom. The SMILES string of the molecule is CCNC(C)(C)C(=O)NCc1ccc(OC(F)(F)F)cc1. The largest absolute Gasteiger partial charge is 0.573 e. The summed E-state index contributed by atoms with van der Waals surface area (Å²) in [6, 6.07) is 5.37. The molecule has 0 atom stereocenters. The van der Waals surface area contributed by atoms with Crippen LogP contribution in [0.15, 0.2) is 24.3 Å². The Bertz CT molecular complexity index is 470. The van der Waals surface area contributed by atoms with Gasteiger partial charge in [-0.3, -0.25) is 4.79 Å². The van der Waals surface area contributed by atoms with Crippen molar-refractivity contribution in [1.82, 2.24) is 10.6 Å². The van der Waals surface area contributed by atoms with Crippen LogP contribution < -0.4 is 15.4 Å². The van der Waals surface area contributed by atoms with Crippen LogP contribution in [0.4, 0.5) is 13.2 Å². The molecule has 1 amide bonds. The van der Waals surface area contributed by atoms with Crippen LogP contribution >= 0.6 is 0 Å². The Balaban J connectivity index is 2.55. The first-order valence-electron chi connectivity index (χ1n) is 6.52. The molecule has 0 heterocycles. The fourth-order valence-corrected chi connectivity index (χ4v) is 1.73. The lowest BCUT2D eigenvalue weighted by Crippen LogP contribution is -2.52. The molecule has 0 spiro atoms. The topological polar surface area (TPSA) is 50.4 Å². The van der Waals surface area contributed by atoms with E-state index in [2.05, 4.69) is 15.4 Å². The van der Waals surface area contributed by atoms with Crippen molar-refractivity contribution in [3.05, 3.63) is 29.8 Å². The number of ether oxygens (including phenoxy) is 1. The predicted octanol–water partition coefficient (Wildman–Crippen LogP) is 2.59. The Hall–Kier alpha value is -1.76. The van der Waals surface area contributed by atoms with Gasteiger partial charge in [0.15, 0.2) is 0 Å². The van der Waals surface area contributed by atoms with Crippen LogP contribution in [0.5, 0.6) is 5.75 Å². The summed E-state index contributed by atoms with van der Waals surface area (Å²) in [5.74, 6) is -0.467. The molecule has 0 fully saturated rings. The number of rotatable bonds is 6. The Morgan fingerprint density at radius 1 is 1.19 bits per heavy atom. The van der Waals surface area contributed by atoms with E-state index in [4.69, 9.17) is 0 Å². The summed E-state index contributed by atoms with van der Waals surface area (Å²) in [4.78, 5) is 11.9. The van der Waals surface area contributed by atoms with Gasteiger partial charge in [0.25, 0.3) is 0 Å². The molecule has 0 aliphatic heterocycles. The lowest BCUT2D eigenvalue weighted by molar-refractivity contribution is -0.274. The Morgan fingerprint density at radius 2 is 1.76 bits per heavy atom. The van der Waals surface area contributed by atoms with E-state index >= 15 is 0 Å². The fraction of sp³-hybridized carbons (Fsp3) is 0.500. The first-order valence-corrected chi connectivity index (χ1v) is 6.52. The van der Waals surface area contributed by atoms with Crippen molar-refractivity contribution in [2.75, 3.05) is 6.54 Å². The zero-order chi connectivity index (χ0) is 16.1. The Kier molecular flexibility index (Phi) is 5.60. The number of amides is 1. The Labute approximate surface area is 121 Å². The summed E-state index contributed by atoms with van der Waals surface area (Å²) in [7, 11) is 0. The predicted molar refractivity (Wildman–Crippen MR) is 72.7 cm³/mol. The first-order chi connectivity index (χ1) is 9.64. The number of carbonyl (C=O) groups excluding carboxylic acids is 1. The number of likely N-dealkylation sites (N-methyl/N-ethyl adjacent to an activating group) is 1. The molecule has 7 heteroatoms. The smallest absolute Gasteiger partial charge is 0.406 e. The van der Waals surface area contributed by atoms with Gasteiger partial charge in [-0.2, -0.15) is 0 Å². The molecule has 1 rings (SSSR count). The van der Waals surface area contributed by atoms with Crippen LogP contribution in [0, 0.1) is 0 Å². The molecule has 21 heavy (non-hydrogen) atoms. The fourth-order valence-electron chi connectivity index (χ4n) is 1.73. The zero-order valence-corrected chi connectivity index (χ0v) is 12.2. The van der Waals surface area contributed by atoms with Gasteiger partial charge in [0.2, 0.25) is 5.91 Å². The second-order valence-electron chi connectivity index (χ2n) is 5.03. The number of alkyl halides is 3. The summed E-state index contributed by atoms with van der Waals surface area (Å²) in [6.45, 7) is 6.30. The van der Waals surface area contributed by atoms with Crippen LogP contribution in [0.3, 0.4) is 0 Å². The molecule has 4 nitrogen and oxygen atoms in total. The number of carbonyl (C=O) groups is 1. The maximum Gasteiger partial charge on any atom is 0.573 e. The van der Waals surface area contributed by atoms with E-state index in [0.29, 0.717) is 12.1 Å². The van der Waals surface area contributed by atoms with E-state index < -0.39 is 11.9 Å². The second-order valence-corrected chi connectivity index (χ2v) is 5.03. The summed E-state index contributed by atoms with van der Waals surface area (Å²) < 4.78 is 39.8. The monoisotopic (exact) mass is 304 g/mol. The van der Waals surface area contributed by atoms with Gasteiger partial charge in [0, 0.05) is 6.54 Å². The third kappa shape index (κ3) is 6.03. The van der Waals surface area contributed by atoms with Gasteiger partial charge in [0.05, 0.1) is 5.54 Å². The third-order valence-electron chi connectivity index (χ3n) is 2.80. The van der Waals surface area contributed by atoms with Gasteiger partial charge in [0.1, 0.15) is 5.75 Å². The van der Waals surface area contributed by atoms with E-state index in [1.165, 1.54) is 24.3 Å². The molecule has 2 N–H and O–H groups in total. The van der Waals surface area contributed by atoms with Gasteiger partial charge in [-0.25, -0.2) is 0 Å². The highest BCUT2D eigenvalue weighted by atomic mass is 19.4. The van der Waals surface area contributed by atoms with Crippen LogP contribution in [0.25, 0.3) is 0 Å². The highest BCUT2D eigenvalue weighted by molar-refractivity contribution is 5.85. The maximum atomic E-state index is 12.0. The van der Waals surface area contributed by atoms with Crippen LogP contribution in [0.1, 0.15) is 26.3 Å². The molecule has 0 aromatic heterocycles. The molecule has 0 saturated carbocycles. The van der Waals surface area contributed by atoms with Crippen molar-refractivity contribution in [3.63, 3.8) is 0 Å². The highest BCUT2D eigenvalue weighted by Gasteiger charge is 2.31. The van der Waals surface area contributed by atoms with E-state index in [1.807, 2.05) is 6.92 Å². The van der Waals surface area contributed by atoms with Gasteiger partial charge < -0.3 is 15.4 Å². The summed E-state index contributed by atoms with van der Waals surface area (Å²) in [5, 5.41) is 5.76. The highest BCUT2D eigenvalue weighted by Crippen LogP contribution is 2.22. The van der Waals surface area contributed by atoms with Gasteiger partial charge in [-0.05, 0) is 38.1 Å². The average molecular weight is 304 g/mol. The van der Waals surface area contributed by atoms with Crippen LogP contribution in [0.2, 0.25) is 0 Å². The van der Waals surface area contributed by atoms with Crippen molar-refractivity contribution in [2.45, 2.75) is 39.2 Å². The average Bonchev–Trinajstić information content (AvgIpc) is 2.35. The summed E-state index contributed by atoms with van der Waals surface area (Å²) >= 11 is 0. The zero-order valence-electron chi connectivity index (χ0n) is 12.2. The van der Waals surface area contributed by atoms with Crippen molar-refractivity contribution >= 4 is 5.91 Å². The minimum atomic E-state index is -4.70. The number of nitrogens with one attached hydrogen (secondary N) is 2. The summed E-state index contributed by atoms with van der Waals surface area (Å²) in [5.41, 5.74) is -0.0150. The van der Waals surface area contributed by atoms with E-state index in [0.717, 1.165) is 0 Å². The number of benzene rings is 1. The van der Waals surface area contributed by atoms with Crippen LogP contribution in [-0.4, -0.2) is 24.4 Å². The molecular weight excluding hydrogens is 285 g/mol. The van der Waals surface area contributed by atoms with Crippen molar-refractivity contribution in [2.24, 2.45) is 0 Å². The third-order valence-corrected chi connectivity index (χ3v) is 2.80. The number of hydrogen-bond donors (Lipinski definition) is 2. The molecule has 0 radical (unpaired) electrons. The lowest BCUT2D eigenvalue weighted by Gasteiger charge is -2.24. The molecule has 0 saturated heterocycles. The minimum Gasteiger partial charge on any atom is -0.406 e. The molecular formula is C14H19F3N2O2. The molecule has 0 bridgehead atoms. The van der Waals surface area contributed by atoms with E-state index in [1.54, 1.807) is 13.8 Å². The first kappa shape index (κ1) is 17.3. The van der Waals surface area contributed by atoms with Crippen LogP contribution in [-0.2, 0) is 11.3 Å². The van der Waals surface area contributed by atoms with Gasteiger partial charge in [-0.1, -0.05) is 19.1 Å².